The monoisotopic (exact) mass is 373 g/mol. The van der Waals surface area contributed by atoms with Crippen LogP contribution >= 0.6 is 15.9 Å². The second kappa shape index (κ2) is 5.53. The fourth-order valence-corrected chi connectivity index (χ4v) is 3.98. The molecule has 0 aliphatic rings. The average molecular weight is 374 g/mol. The van der Waals surface area contributed by atoms with Crippen molar-refractivity contribution in [2.45, 2.75) is 18.7 Å². The first-order valence-electron chi connectivity index (χ1n) is 5.84. The van der Waals surface area contributed by atoms with Gasteiger partial charge < -0.3 is 9.52 Å². The highest BCUT2D eigenvalue weighted by Crippen LogP contribution is 2.30. The first-order valence-corrected chi connectivity index (χ1v) is 8.12. The van der Waals surface area contributed by atoms with Crippen molar-refractivity contribution in [2.24, 2.45) is 0 Å². The Morgan fingerprint density at radius 2 is 1.86 bits per heavy atom. The number of nitrogens with one attached hydrogen (secondary N) is 1. The van der Waals surface area contributed by atoms with E-state index in [0.29, 0.717) is 10.2 Å². The number of hydrogen-bond acceptors (Lipinski definition) is 4. The zero-order chi connectivity index (χ0) is 15.8. The molecule has 0 saturated carbocycles. The number of furan rings is 1. The molecule has 0 saturated heterocycles. The Hall–Kier alpha value is -1.80. The highest BCUT2D eigenvalue weighted by atomic mass is 79.9. The molecule has 2 rings (SSSR count). The summed E-state index contributed by atoms with van der Waals surface area (Å²) in [7, 11) is -4.08. The molecule has 0 fully saturated rings. The van der Waals surface area contributed by atoms with Crippen molar-refractivity contribution < 1.29 is 22.7 Å². The molecule has 2 N–H and O–H groups in total. The molecule has 0 unspecified atom stereocenters. The van der Waals surface area contributed by atoms with Crippen molar-refractivity contribution in [1.29, 1.82) is 0 Å². The highest BCUT2D eigenvalue weighted by molar-refractivity contribution is 9.10. The van der Waals surface area contributed by atoms with Gasteiger partial charge in [0.15, 0.2) is 0 Å². The lowest BCUT2D eigenvalue weighted by Gasteiger charge is -2.09. The fourth-order valence-electron chi connectivity index (χ4n) is 1.97. The topological polar surface area (TPSA) is 96.6 Å². The van der Waals surface area contributed by atoms with E-state index in [1.54, 1.807) is 24.3 Å². The van der Waals surface area contributed by atoms with E-state index < -0.39 is 16.0 Å². The SMILES string of the molecule is Cc1oc(C)c(S(=O)(=O)Nc2ccccc2Br)c1C(=O)O. The van der Waals surface area contributed by atoms with Crippen molar-refractivity contribution in [1.82, 2.24) is 0 Å². The first-order chi connectivity index (χ1) is 9.74. The van der Waals surface area contributed by atoms with Crippen LogP contribution < -0.4 is 4.72 Å². The predicted octanol–water partition coefficient (Wildman–Crippen LogP) is 3.16. The van der Waals surface area contributed by atoms with Crippen LogP contribution in [0, 0.1) is 13.8 Å². The van der Waals surface area contributed by atoms with E-state index in [9.17, 15) is 18.3 Å². The van der Waals surface area contributed by atoms with Crippen LogP contribution in [0.25, 0.3) is 0 Å². The number of aromatic carboxylic acids is 1. The van der Waals surface area contributed by atoms with Crippen molar-refractivity contribution >= 4 is 37.6 Å². The minimum atomic E-state index is -4.08. The summed E-state index contributed by atoms with van der Waals surface area (Å²) in [6.07, 6.45) is 0. The van der Waals surface area contributed by atoms with E-state index in [-0.39, 0.29) is 22.0 Å². The molecule has 0 radical (unpaired) electrons. The van der Waals surface area contributed by atoms with Gasteiger partial charge in [-0.25, -0.2) is 13.2 Å². The third-order valence-electron chi connectivity index (χ3n) is 2.81. The molecule has 1 heterocycles. The third-order valence-corrected chi connectivity index (χ3v) is 5.02. The number of benzene rings is 1. The molecule has 1 aromatic heterocycles. The van der Waals surface area contributed by atoms with Gasteiger partial charge in [-0.3, -0.25) is 4.72 Å². The minimum Gasteiger partial charge on any atom is -0.478 e. The van der Waals surface area contributed by atoms with E-state index in [0.717, 1.165) is 0 Å². The van der Waals surface area contributed by atoms with Gasteiger partial charge in [0, 0.05) is 4.47 Å². The molecule has 112 valence electrons. The number of halogens is 1. The summed E-state index contributed by atoms with van der Waals surface area (Å²) >= 11 is 3.23. The molecular formula is C13H12BrNO5S. The molecule has 0 bridgehead atoms. The maximum absolute atomic E-state index is 12.5. The lowest BCUT2D eigenvalue weighted by Crippen LogP contribution is -2.17. The summed E-state index contributed by atoms with van der Waals surface area (Å²) < 4.78 is 33.0. The number of para-hydroxylation sites is 1. The number of carboxylic acids is 1. The summed E-state index contributed by atoms with van der Waals surface area (Å²) in [5, 5.41) is 9.18. The van der Waals surface area contributed by atoms with Crippen LogP contribution in [0.1, 0.15) is 21.9 Å². The molecule has 21 heavy (non-hydrogen) atoms. The zero-order valence-corrected chi connectivity index (χ0v) is 13.6. The van der Waals surface area contributed by atoms with Gasteiger partial charge in [-0.1, -0.05) is 12.1 Å². The predicted molar refractivity (Wildman–Crippen MR) is 80.1 cm³/mol. The second-order valence-corrected chi connectivity index (χ2v) is 6.78. The zero-order valence-electron chi connectivity index (χ0n) is 11.2. The molecule has 8 heteroatoms. The van der Waals surface area contributed by atoms with Crippen LogP contribution in [0.5, 0.6) is 0 Å². The first kappa shape index (κ1) is 15.6. The number of carboxylic acid groups (broad SMARTS) is 1. The molecule has 0 spiro atoms. The highest BCUT2D eigenvalue weighted by Gasteiger charge is 2.31. The smallest absolute Gasteiger partial charge is 0.340 e. The molecule has 0 aliphatic carbocycles. The fraction of sp³-hybridized carbons (Fsp3) is 0.154. The van der Waals surface area contributed by atoms with Crippen molar-refractivity contribution in [3.8, 4) is 0 Å². The lowest BCUT2D eigenvalue weighted by atomic mass is 10.2. The van der Waals surface area contributed by atoms with Crippen LogP contribution in [0.3, 0.4) is 0 Å². The largest absolute Gasteiger partial charge is 0.478 e. The van der Waals surface area contributed by atoms with Gasteiger partial charge in [-0.2, -0.15) is 0 Å². The molecule has 0 aliphatic heterocycles. The number of aryl methyl sites for hydroxylation is 2. The standard InChI is InChI=1S/C13H12BrNO5S/c1-7-11(13(16)17)12(8(2)20-7)21(18,19)15-10-6-4-3-5-9(10)14/h3-6,15H,1-2H3,(H,16,17). The number of hydrogen-bond donors (Lipinski definition) is 2. The Kier molecular flexibility index (Phi) is 4.11. The van der Waals surface area contributed by atoms with Crippen LogP contribution in [0.2, 0.25) is 0 Å². The van der Waals surface area contributed by atoms with Crippen LogP contribution in [-0.4, -0.2) is 19.5 Å². The summed E-state index contributed by atoms with van der Waals surface area (Å²) in [4.78, 5) is 10.9. The van der Waals surface area contributed by atoms with Crippen LogP contribution in [-0.2, 0) is 10.0 Å². The average Bonchev–Trinajstić information content (AvgIpc) is 2.67. The summed E-state index contributed by atoms with van der Waals surface area (Å²) in [5.74, 6) is -1.27. The second-order valence-electron chi connectivity index (χ2n) is 4.31. The molecule has 6 nitrogen and oxygen atoms in total. The summed E-state index contributed by atoms with van der Waals surface area (Å²) in [6, 6.07) is 6.62. The Morgan fingerprint density at radius 3 is 2.43 bits per heavy atom. The minimum absolute atomic E-state index is 0.0319. The van der Waals surface area contributed by atoms with E-state index in [1.165, 1.54) is 13.8 Å². The third kappa shape index (κ3) is 2.96. The van der Waals surface area contributed by atoms with Crippen LogP contribution in [0.15, 0.2) is 38.1 Å². The van der Waals surface area contributed by atoms with Crippen LogP contribution in [0.4, 0.5) is 5.69 Å². The van der Waals surface area contributed by atoms with Gasteiger partial charge in [0.25, 0.3) is 10.0 Å². The van der Waals surface area contributed by atoms with Gasteiger partial charge in [0.1, 0.15) is 22.0 Å². The normalized spacial score (nSPS) is 11.4. The van der Waals surface area contributed by atoms with Gasteiger partial charge in [-0.15, -0.1) is 0 Å². The maximum atomic E-state index is 12.5. The lowest BCUT2D eigenvalue weighted by molar-refractivity contribution is 0.0691. The van der Waals surface area contributed by atoms with E-state index >= 15 is 0 Å². The molecule has 0 amide bonds. The van der Waals surface area contributed by atoms with Crippen molar-refractivity contribution in [3.63, 3.8) is 0 Å². The van der Waals surface area contributed by atoms with E-state index in [1.807, 2.05) is 0 Å². The maximum Gasteiger partial charge on any atom is 0.340 e. The molecular weight excluding hydrogens is 362 g/mol. The van der Waals surface area contributed by atoms with Crippen molar-refractivity contribution in [3.05, 3.63) is 45.8 Å². The summed E-state index contributed by atoms with van der Waals surface area (Å²) in [6.45, 7) is 2.82. The molecule has 2 aromatic rings. The Labute approximate surface area is 130 Å². The van der Waals surface area contributed by atoms with Crippen molar-refractivity contribution in [2.75, 3.05) is 4.72 Å². The molecule has 0 atom stereocenters. The molecule has 1 aromatic carbocycles. The Balaban J connectivity index is 2.56. The quantitative estimate of drug-likeness (QED) is 0.857. The Bertz CT molecular complexity index is 810. The van der Waals surface area contributed by atoms with Gasteiger partial charge in [-0.05, 0) is 41.9 Å². The van der Waals surface area contributed by atoms with Gasteiger partial charge in [0.2, 0.25) is 0 Å². The van der Waals surface area contributed by atoms with E-state index in [4.69, 9.17) is 4.42 Å². The van der Waals surface area contributed by atoms with Gasteiger partial charge in [0.05, 0.1) is 5.69 Å². The number of carbonyl (C=O) groups is 1. The number of sulfonamides is 1. The summed E-state index contributed by atoms with van der Waals surface area (Å²) in [5.41, 5.74) is -0.0425. The number of anilines is 1. The Morgan fingerprint density at radius 1 is 1.24 bits per heavy atom. The van der Waals surface area contributed by atoms with E-state index in [2.05, 4.69) is 20.7 Å². The van der Waals surface area contributed by atoms with Gasteiger partial charge >= 0.3 is 5.97 Å². The number of rotatable bonds is 4.